The predicted octanol–water partition coefficient (Wildman–Crippen LogP) is 4.08. The Balaban J connectivity index is 2.08. The van der Waals surface area contributed by atoms with Gasteiger partial charge in [0.05, 0.1) is 6.07 Å². The Labute approximate surface area is 127 Å². The highest BCUT2D eigenvalue weighted by atomic mass is 32.2. The van der Waals surface area contributed by atoms with Crippen molar-refractivity contribution in [1.29, 1.82) is 5.26 Å². The van der Waals surface area contributed by atoms with Gasteiger partial charge in [-0.15, -0.1) is 0 Å². The number of hydrogen-bond donors (Lipinski definition) is 1. The lowest BCUT2D eigenvalue weighted by atomic mass is 9.93. The number of benzene rings is 1. The van der Waals surface area contributed by atoms with Crippen molar-refractivity contribution in [3.05, 3.63) is 35.9 Å². The summed E-state index contributed by atoms with van der Waals surface area (Å²) in [6, 6.07) is 12.7. The molecule has 1 fully saturated rings. The van der Waals surface area contributed by atoms with E-state index in [2.05, 4.69) is 30.4 Å². The molecule has 1 atom stereocenters. The van der Waals surface area contributed by atoms with Crippen LogP contribution in [0, 0.1) is 11.3 Å². The molecule has 1 aliphatic rings. The SMILES string of the molecule is CCNC(C#N)(CSC1CCCCC1)c1ccccc1. The number of nitriles is 1. The van der Waals surface area contributed by atoms with Crippen LogP contribution in [0.2, 0.25) is 0 Å². The van der Waals surface area contributed by atoms with Crippen molar-refractivity contribution in [1.82, 2.24) is 5.32 Å². The summed E-state index contributed by atoms with van der Waals surface area (Å²) in [5.41, 5.74) is 0.547. The summed E-state index contributed by atoms with van der Waals surface area (Å²) in [5, 5.41) is 13.9. The van der Waals surface area contributed by atoms with E-state index in [1.807, 2.05) is 30.0 Å². The maximum Gasteiger partial charge on any atom is 0.141 e. The molecule has 2 rings (SSSR count). The van der Waals surface area contributed by atoms with Crippen LogP contribution in [0.15, 0.2) is 30.3 Å². The van der Waals surface area contributed by atoms with E-state index in [-0.39, 0.29) is 0 Å². The van der Waals surface area contributed by atoms with Gasteiger partial charge in [-0.2, -0.15) is 17.0 Å². The molecule has 0 radical (unpaired) electrons. The lowest BCUT2D eigenvalue weighted by molar-refractivity contribution is 0.483. The molecule has 1 unspecified atom stereocenters. The first-order valence-corrected chi connectivity index (χ1v) is 8.69. The van der Waals surface area contributed by atoms with Crippen molar-refractivity contribution in [3.63, 3.8) is 0 Å². The predicted molar refractivity (Wildman–Crippen MR) is 86.7 cm³/mol. The van der Waals surface area contributed by atoms with Crippen LogP contribution in [-0.2, 0) is 5.54 Å². The van der Waals surface area contributed by atoms with Crippen molar-refractivity contribution < 1.29 is 0 Å². The van der Waals surface area contributed by atoms with E-state index in [1.54, 1.807) is 0 Å². The van der Waals surface area contributed by atoms with E-state index in [0.717, 1.165) is 23.1 Å². The van der Waals surface area contributed by atoms with Gasteiger partial charge in [-0.05, 0) is 24.9 Å². The second kappa shape index (κ2) is 7.71. The smallest absolute Gasteiger partial charge is 0.141 e. The monoisotopic (exact) mass is 288 g/mol. The molecule has 1 aromatic rings. The summed E-state index contributed by atoms with van der Waals surface area (Å²) >= 11 is 1.98. The maximum absolute atomic E-state index is 9.76. The molecule has 1 aliphatic carbocycles. The zero-order valence-corrected chi connectivity index (χ0v) is 13.1. The molecule has 1 aromatic carbocycles. The van der Waals surface area contributed by atoms with Crippen molar-refractivity contribution in [2.75, 3.05) is 12.3 Å². The molecule has 20 heavy (non-hydrogen) atoms. The minimum atomic E-state index is -0.544. The first-order valence-electron chi connectivity index (χ1n) is 7.64. The van der Waals surface area contributed by atoms with Crippen LogP contribution in [0.25, 0.3) is 0 Å². The topological polar surface area (TPSA) is 35.8 Å². The Morgan fingerprint density at radius 3 is 2.55 bits per heavy atom. The average Bonchev–Trinajstić information content (AvgIpc) is 2.53. The summed E-state index contributed by atoms with van der Waals surface area (Å²) in [4.78, 5) is 0. The van der Waals surface area contributed by atoms with Gasteiger partial charge in [-0.25, -0.2) is 0 Å². The van der Waals surface area contributed by atoms with Gasteiger partial charge in [0.15, 0.2) is 0 Å². The average molecular weight is 288 g/mol. The third kappa shape index (κ3) is 3.77. The van der Waals surface area contributed by atoms with Crippen molar-refractivity contribution >= 4 is 11.8 Å². The normalized spacial score (nSPS) is 19.2. The minimum Gasteiger partial charge on any atom is -0.295 e. The molecule has 1 N–H and O–H groups in total. The molecule has 3 heteroatoms. The molecular formula is C17H24N2S. The van der Waals surface area contributed by atoms with Gasteiger partial charge in [0, 0.05) is 11.0 Å². The Hall–Kier alpha value is -0.980. The third-order valence-electron chi connectivity index (χ3n) is 4.02. The van der Waals surface area contributed by atoms with E-state index >= 15 is 0 Å². The van der Waals surface area contributed by atoms with Crippen molar-refractivity contribution in [2.45, 2.75) is 49.8 Å². The number of nitrogens with zero attached hydrogens (tertiary/aromatic N) is 1. The van der Waals surface area contributed by atoms with Gasteiger partial charge in [-0.1, -0.05) is 56.5 Å². The van der Waals surface area contributed by atoms with Gasteiger partial charge < -0.3 is 0 Å². The highest BCUT2D eigenvalue weighted by Crippen LogP contribution is 2.33. The summed E-state index contributed by atoms with van der Waals surface area (Å²) in [6.07, 6.45) is 6.71. The summed E-state index contributed by atoms with van der Waals surface area (Å²) in [5.74, 6) is 0.839. The molecule has 0 heterocycles. The Kier molecular flexibility index (Phi) is 5.94. The fraction of sp³-hybridized carbons (Fsp3) is 0.588. The summed E-state index contributed by atoms with van der Waals surface area (Å²) in [6.45, 7) is 2.88. The highest BCUT2D eigenvalue weighted by molar-refractivity contribution is 7.99. The van der Waals surface area contributed by atoms with Crippen LogP contribution in [0.5, 0.6) is 0 Å². The van der Waals surface area contributed by atoms with E-state index < -0.39 is 5.54 Å². The van der Waals surface area contributed by atoms with E-state index in [9.17, 15) is 5.26 Å². The van der Waals surface area contributed by atoms with E-state index in [1.165, 1.54) is 32.1 Å². The van der Waals surface area contributed by atoms with Gasteiger partial charge in [0.1, 0.15) is 5.54 Å². The molecule has 108 valence electrons. The van der Waals surface area contributed by atoms with Gasteiger partial charge >= 0.3 is 0 Å². The first kappa shape index (κ1) is 15.4. The molecule has 2 nitrogen and oxygen atoms in total. The van der Waals surface area contributed by atoms with Gasteiger partial charge in [0.2, 0.25) is 0 Å². The van der Waals surface area contributed by atoms with Crippen LogP contribution in [0.1, 0.15) is 44.6 Å². The molecule has 1 saturated carbocycles. The second-order valence-electron chi connectivity index (χ2n) is 5.48. The maximum atomic E-state index is 9.76. The van der Waals surface area contributed by atoms with Crippen LogP contribution in [0.3, 0.4) is 0 Å². The number of hydrogen-bond acceptors (Lipinski definition) is 3. The molecule has 0 spiro atoms. The number of nitrogens with one attached hydrogen (secondary N) is 1. The fourth-order valence-electron chi connectivity index (χ4n) is 2.87. The quantitative estimate of drug-likeness (QED) is 0.856. The van der Waals surface area contributed by atoms with Crippen LogP contribution in [-0.4, -0.2) is 17.5 Å². The molecule has 0 aromatic heterocycles. The van der Waals surface area contributed by atoms with E-state index in [4.69, 9.17) is 0 Å². The van der Waals surface area contributed by atoms with Crippen molar-refractivity contribution in [2.24, 2.45) is 0 Å². The molecule has 0 saturated heterocycles. The number of rotatable bonds is 6. The molecular weight excluding hydrogens is 264 g/mol. The lowest BCUT2D eigenvalue weighted by Crippen LogP contribution is -2.43. The van der Waals surface area contributed by atoms with Crippen LogP contribution >= 0.6 is 11.8 Å². The van der Waals surface area contributed by atoms with Gasteiger partial charge in [-0.3, -0.25) is 5.32 Å². The minimum absolute atomic E-state index is 0.544. The Morgan fingerprint density at radius 1 is 1.25 bits per heavy atom. The van der Waals surface area contributed by atoms with E-state index in [0.29, 0.717) is 0 Å². The highest BCUT2D eigenvalue weighted by Gasteiger charge is 2.32. The first-order chi connectivity index (χ1) is 9.80. The third-order valence-corrected chi connectivity index (χ3v) is 5.57. The van der Waals surface area contributed by atoms with Crippen LogP contribution in [0.4, 0.5) is 0 Å². The zero-order valence-electron chi connectivity index (χ0n) is 12.3. The Morgan fingerprint density at radius 2 is 1.95 bits per heavy atom. The molecule has 0 aliphatic heterocycles. The summed E-state index contributed by atoms with van der Waals surface area (Å²) < 4.78 is 0. The molecule has 0 amide bonds. The zero-order chi connectivity index (χ0) is 14.3. The lowest BCUT2D eigenvalue weighted by Gasteiger charge is -2.30. The summed E-state index contributed by atoms with van der Waals surface area (Å²) in [7, 11) is 0. The number of thioether (sulfide) groups is 1. The largest absolute Gasteiger partial charge is 0.295 e. The second-order valence-corrected chi connectivity index (χ2v) is 6.77. The van der Waals surface area contributed by atoms with Crippen molar-refractivity contribution in [3.8, 4) is 6.07 Å². The molecule has 0 bridgehead atoms. The van der Waals surface area contributed by atoms with Crippen LogP contribution < -0.4 is 5.32 Å². The fourth-order valence-corrected chi connectivity index (χ4v) is 4.36. The Bertz CT molecular complexity index is 434. The van der Waals surface area contributed by atoms with Gasteiger partial charge in [0.25, 0.3) is 0 Å². The standard InChI is InChI=1S/C17H24N2S/c1-2-19-17(13-18,15-9-5-3-6-10-15)14-20-16-11-7-4-8-12-16/h3,5-6,9-10,16,19H,2,4,7-8,11-12,14H2,1H3.